The Balaban J connectivity index is 1.77. The number of hydrogen-bond donors (Lipinski definition) is 1. The Morgan fingerprint density at radius 1 is 1.17 bits per heavy atom. The number of aliphatic hydroxyl groups is 1. The molecule has 0 spiro atoms. The Kier molecular flexibility index (Phi) is 6.03. The van der Waals surface area contributed by atoms with Crippen LogP contribution in [0, 0.1) is 11.7 Å². The molecule has 0 bridgehead atoms. The van der Waals surface area contributed by atoms with Crippen LogP contribution < -0.4 is 0 Å². The third-order valence-electron chi connectivity index (χ3n) is 4.90. The van der Waals surface area contributed by atoms with Crippen LogP contribution in [0.2, 0.25) is 0 Å². The van der Waals surface area contributed by atoms with Crippen molar-refractivity contribution in [2.45, 2.75) is 45.3 Å². The molecule has 6 heteroatoms. The van der Waals surface area contributed by atoms with E-state index >= 15 is 0 Å². The number of benzene rings is 2. The largest absolute Gasteiger partial charge is 0.443 e. The second-order valence-electron chi connectivity index (χ2n) is 8.37. The van der Waals surface area contributed by atoms with Gasteiger partial charge in [0.05, 0.1) is 12.5 Å². The third kappa shape index (κ3) is 5.01. The van der Waals surface area contributed by atoms with E-state index < -0.39 is 23.5 Å². The van der Waals surface area contributed by atoms with E-state index in [9.17, 15) is 19.1 Å². The summed E-state index contributed by atoms with van der Waals surface area (Å²) in [6.45, 7) is 4.94. The zero-order chi connectivity index (χ0) is 21.2. The van der Waals surface area contributed by atoms with Crippen molar-refractivity contribution in [2.24, 2.45) is 5.92 Å². The first-order valence-electron chi connectivity index (χ1n) is 9.70. The predicted molar refractivity (Wildman–Crippen MR) is 108 cm³/mol. The van der Waals surface area contributed by atoms with Crippen LogP contribution in [0.5, 0.6) is 0 Å². The average Bonchev–Trinajstić information content (AvgIpc) is 2.96. The fraction of sp³-hybridized carbons (Fsp3) is 0.391. The summed E-state index contributed by atoms with van der Waals surface area (Å²) in [7, 11) is 0. The highest BCUT2D eigenvalue weighted by Crippen LogP contribution is 2.30. The molecule has 1 aliphatic heterocycles. The number of carbonyl (C=O) groups is 2. The van der Waals surface area contributed by atoms with Gasteiger partial charge in [0.25, 0.3) is 0 Å². The average molecular weight is 399 g/mol. The summed E-state index contributed by atoms with van der Waals surface area (Å²) in [6, 6.07) is 13.6. The SMILES string of the molecule is CC(C)(C)OC(=O)N1C(=O)C(CO)C[C@H]1Cc1ccc(-c2cccc(F)c2)cc1. The molecule has 1 unspecified atom stereocenters. The van der Waals surface area contributed by atoms with Crippen LogP contribution >= 0.6 is 0 Å². The van der Waals surface area contributed by atoms with Gasteiger partial charge in [-0.05, 0) is 62.4 Å². The molecule has 5 nitrogen and oxygen atoms in total. The lowest BCUT2D eigenvalue weighted by molar-refractivity contribution is -0.132. The molecule has 0 radical (unpaired) electrons. The first kappa shape index (κ1) is 21.0. The van der Waals surface area contributed by atoms with E-state index in [0.717, 1.165) is 21.6 Å². The van der Waals surface area contributed by atoms with E-state index in [1.807, 2.05) is 30.3 Å². The molecule has 0 aromatic heterocycles. The summed E-state index contributed by atoms with van der Waals surface area (Å²) in [5, 5.41) is 9.51. The van der Waals surface area contributed by atoms with Gasteiger partial charge < -0.3 is 9.84 Å². The van der Waals surface area contributed by atoms with Gasteiger partial charge in [-0.1, -0.05) is 36.4 Å². The van der Waals surface area contributed by atoms with Gasteiger partial charge in [-0.25, -0.2) is 14.1 Å². The van der Waals surface area contributed by atoms with Gasteiger partial charge in [-0.2, -0.15) is 0 Å². The van der Waals surface area contributed by atoms with Crippen LogP contribution in [0.15, 0.2) is 48.5 Å². The molecule has 2 amide bonds. The number of imide groups is 1. The monoisotopic (exact) mass is 399 g/mol. The molecule has 3 rings (SSSR count). The highest BCUT2D eigenvalue weighted by Gasteiger charge is 2.44. The first-order chi connectivity index (χ1) is 13.7. The fourth-order valence-electron chi connectivity index (χ4n) is 3.56. The van der Waals surface area contributed by atoms with Gasteiger partial charge in [0.15, 0.2) is 0 Å². The molecule has 1 saturated heterocycles. The standard InChI is InChI=1S/C23H26FNO4/c1-23(2,3)29-22(28)25-20(13-18(14-26)21(25)27)11-15-7-9-16(10-8-15)17-5-4-6-19(24)12-17/h4-10,12,18,20,26H,11,13-14H2,1-3H3/t18?,20-/m1/s1. The number of likely N-dealkylation sites (tertiary alicyclic amines) is 1. The van der Waals surface area contributed by atoms with Crippen LogP contribution in [0.4, 0.5) is 9.18 Å². The van der Waals surface area contributed by atoms with E-state index in [4.69, 9.17) is 4.74 Å². The van der Waals surface area contributed by atoms with E-state index in [2.05, 4.69) is 0 Å². The number of ether oxygens (including phenoxy) is 1. The van der Waals surface area contributed by atoms with Crippen molar-refractivity contribution in [3.05, 3.63) is 59.9 Å². The minimum Gasteiger partial charge on any atom is -0.443 e. The van der Waals surface area contributed by atoms with E-state index in [1.54, 1.807) is 26.8 Å². The summed E-state index contributed by atoms with van der Waals surface area (Å²) in [5.41, 5.74) is 1.89. The molecule has 1 aliphatic rings. The first-order valence-corrected chi connectivity index (χ1v) is 9.70. The quantitative estimate of drug-likeness (QED) is 0.838. The van der Waals surface area contributed by atoms with Gasteiger partial charge in [0.1, 0.15) is 11.4 Å². The van der Waals surface area contributed by atoms with Crippen molar-refractivity contribution >= 4 is 12.0 Å². The summed E-state index contributed by atoms with van der Waals surface area (Å²) >= 11 is 0. The smallest absolute Gasteiger partial charge is 0.417 e. The summed E-state index contributed by atoms with van der Waals surface area (Å²) in [4.78, 5) is 26.3. The Morgan fingerprint density at radius 2 is 1.86 bits per heavy atom. The lowest BCUT2D eigenvalue weighted by Gasteiger charge is -2.27. The minimum absolute atomic E-state index is 0.293. The van der Waals surface area contributed by atoms with Crippen LogP contribution in [0.25, 0.3) is 11.1 Å². The van der Waals surface area contributed by atoms with Gasteiger partial charge >= 0.3 is 6.09 Å². The van der Waals surface area contributed by atoms with Crippen molar-refractivity contribution in [1.82, 2.24) is 4.90 Å². The lowest BCUT2D eigenvalue weighted by Crippen LogP contribution is -2.43. The molecule has 2 aromatic rings. The number of aliphatic hydroxyl groups excluding tert-OH is 1. The minimum atomic E-state index is -0.716. The molecule has 1 heterocycles. The molecular formula is C23H26FNO4. The molecule has 154 valence electrons. The van der Waals surface area contributed by atoms with Crippen molar-refractivity contribution in [2.75, 3.05) is 6.61 Å². The van der Waals surface area contributed by atoms with Crippen LogP contribution in [-0.4, -0.2) is 40.3 Å². The van der Waals surface area contributed by atoms with Gasteiger partial charge in [0, 0.05) is 6.04 Å². The number of halogens is 1. The molecule has 0 saturated carbocycles. The number of carbonyl (C=O) groups excluding carboxylic acids is 2. The summed E-state index contributed by atoms with van der Waals surface area (Å²) in [5.74, 6) is -1.29. The van der Waals surface area contributed by atoms with Gasteiger partial charge in [-0.15, -0.1) is 0 Å². The molecule has 2 atom stereocenters. The maximum atomic E-state index is 13.4. The lowest BCUT2D eigenvalue weighted by atomic mass is 9.98. The number of amides is 2. The molecular weight excluding hydrogens is 373 g/mol. The second-order valence-corrected chi connectivity index (χ2v) is 8.37. The highest BCUT2D eigenvalue weighted by atomic mass is 19.1. The van der Waals surface area contributed by atoms with Gasteiger partial charge in [0.2, 0.25) is 5.91 Å². The summed E-state index contributed by atoms with van der Waals surface area (Å²) < 4.78 is 18.8. The number of hydrogen-bond acceptors (Lipinski definition) is 4. The molecule has 1 N–H and O–H groups in total. The molecule has 1 fully saturated rings. The van der Waals surface area contributed by atoms with Crippen LogP contribution in [-0.2, 0) is 16.0 Å². The fourth-order valence-corrected chi connectivity index (χ4v) is 3.56. The molecule has 0 aliphatic carbocycles. The zero-order valence-electron chi connectivity index (χ0n) is 16.9. The Labute approximate surface area is 170 Å². The highest BCUT2D eigenvalue weighted by molar-refractivity contribution is 5.95. The van der Waals surface area contributed by atoms with Crippen molar-refractivity contribution < 1.29 is 23.8 Å². The normalized spacial score (nSPS) is 19.5. The second kappa shape index (κ2) is 8.33. The number of rotatable bonds is 4. The zero-order valence-corrected chi connectivity index (χ0v) is 16.9. The maximum Gasteiger partial charge on any atom is 0.417 e. The Hall–Kier alpha value is -2.73. The maximum absolute atomic E-state index is 13.4. The third-order valence-corrected chi connectivity index (χ3v) is 4.90. The van der Waals surface area contributed by atoms with E-state index in [-0.39, 0.29) is 18.5 Å². The summed E-state index contributed by atoms with van der Waals surface area (Å²) in [6.07, 6.45) is 0.172. The van der Waals surface area contributed by atoms with E-state index in [1.165, 1.54) is 12.1 Å². The van der Waals surface area contributed by atoms with E-state index in [0.29, 0.717) is 12.8 Å². The molecule has 29 heavy (non-hydrogen) atoms. The van der Waals surface area contributed by atoms with Crippen molar-refractivity contribution in [3.8, 4) is 11.1 Å². The van der Waals surface area contributed by atoms with Gasteiger partial charge in [-0.3, -0.25) is 4.79 Å². The Bertz CT molecular complexity index is 888. The van der Waals surface area contributed by atoms with Crippen LogP contribution in [0.3, 0.4) is 0 Å². The predicted octanol–water partition coefficient (Wildman–Crippen LogP) is 4.18. The van der Waals surface area contributed by atoms with Crippen LogP contribution in [0.1, 0.15) is 32.8 Å². The number of nitrogens with zero attached hydrogens (tertiary/aromatic N) is 1. The van der Waals surface area contributed by atoms with Crippen molar-refractivity contribution in [1.29, 1.82) is 0 Å². The topological polar surface area (TPSA) is 66.8 Å². The molecule has 2 aromatic carbocycles. The van der Waals surface area contributed by atoms with Crippen molar-refractivity contribution in [3.63, 3.8) is 0 Å². The Morgan fingerprint density at radius 3 is 2.45 bits per heavy atom.